The van der Waals surface area contributed by atoms with Crippen molar-refractivity contribution in [3.63, 3.8) is 0 Å². The van der Waals surface area contributed by atoms with Gasteiger partial charge in [0.15, 0.2) is 0 Å². The average molecular weight is 315 g/mol. The van der Waals surface area contributed by atoms with E-state index in [1.165, 1.54) is 0 Å². The van der Waals surface area contributed by atoms with Crippen LogP contribution in [0, 0.1) is 0 Å². The van der Waals surface area contributed by atoms with E-state index in [9.17, 15) is 4.79 Å². The van der Waals surface area contributed by atoms with Crippen LogP contribution in [0.4, 0.5) is 0 Å². The van der Waals surface area contributed by atoms with Crippen LogP contribution < -0.4 is 15.8 Å². The predicted octanol–water partition coefficient (Wildman–Crippen LogP) is 1.86. The lowest BCUT2D eigenvalue weighted by molar-refractivity contribution is -0.121. The second-order valence-corrected chi connectivity index (χ2v) is 4.82. The first-order chi connectivity index (χ1) is 8.67. The first kappa shape index (κ1) is 15.0. The summed E-state index contributed by atoms with van der Waals surface area (Å²) in [6, 6.07) is 5.84. The number of amides is 1. The van der Waals surface area contributed by atoms with Gasteiger partial charge >= 0.3 is 0 Å². The van der Waals surface area contributed by atoms with Crippen LogP contribution in [0.3, 0.4) is 0 Å². The highest BCUT2D eigenvalue weighted by Crippen LogP contribution is 2.25. The lowest BCUT2D eigenvalue weighted by Crippen LogP contribution is -2.26. The maximum absolute atomic E-state index is 11.5. The monoisotopic (exact) mass is 314 g/mol. The van der Waals surface area contributed by atoms with Crippen LogP contribution in [-0.2, 0) is 11.2 Å². The number of hydrogen-bond donors (Lipinski definition) is 2. The number of benzene rings is 1. The van der Waals surface area contributed by atoms with Crippen molar-refractivity contribution in [3.05, 3.63) is 28.2 Å². The molecule has 0 saturated heterocycles. The third-order valence-corrected chi connectivity index (χ3v) is 3.18. The number of rotatable bonds is 7. The van der Waals surface area contributed by atoms with Crippen molar-refractivity contribution in [2.24, 2.45) is 5.73 Å². The lowest BCUT2D eigenvalue weighted by Gasteiger charge is -2.07. The summed E-state index contributed by atoms with van der Waals surface area (Å²) in [6.45, 7) is 1.26. The van der Waals surface area contributed by atoms with Crippen molar-refractivity contribution in [1.82, 2.24) is 5.32 Å². The van der Waals surface area contributed by atoms with Gasteiger partial charge in [0.2, 0.25) is 5.91 Å². The summed E-state index contributed by atoms with van der Waals surface area (Å²) in [7, 11) is 1.63. The minimum absolute atomic E-state index is 0.0652. The van der Waals surface area contributed by atoms with E-state index in [0.29, 0.717) is 19.5 Å². The van der Waals surface area contributed by atoms with E-state index in [2.05, 4.69) is 21.2 Å². The Morgan fingerprint density at radius 2 is 2.28 bits per heavy atom. The van der Waals surface area contributed by atoms with Crippen molar-refractivity contribution in [2.45, 2.75) is 19.3 Å². The molecule has 1 aromatic rings. The Bertz CT molecular complexity index is 397. The fourth-order valence-corrected chi connectivity index (χ4v) is 2.13. The molecule has 1 rings (SSSR count). The lowest BCUT2D eigenvalue weighted by atomic mass is 10.1. The Morgan fingerprint density at radius 3 is 2.89 bits per heavy atom. The highest BCUT2D eigenvalue weighted by atomic mass is 79.9. The largest absolute Gasteiger partial charge is 0.496 e. The maximum atomic E-state index is 11.5. The highest BCUT2D eigenvalue weighted by Gasteiger charge is 2.04. The van der Waals surface area contributed by atoms with Gasteiger partial charge in [-0.1, -0.05) is 6.07 Å². The van der Waals surface area contributed by atoms with Gasteiger partial charge in [-0.25, -0.2) is 0 Å². The molecule has 0 atom stereocenters. The molecule has 0 aliphatic carbocycles. The molecule has 0 bridgehead atoms. The van der Waals surface area contributed by atoms with E-state index in [4.69, 9.17) is 10.5 Å². The Balaban J connectivity index is 2.39. The number of methoxy groups -OCH3 is 1. The Morgan fingerprint density at radius 1 is 1.50 bits per heavy atom. The second-order valence-electron chi connectivity index (χ2n) is 3.96. The summed E-state index contributed by atoms with van der Waals surface area (Å²) in [4.78, 5) is 11.5. The zero-order valence-electron chi connectivity index (χ0n) is 10.5. The molecule has 0 aliphatic heterocycles. The molecule has 0 aliphatic rings. The van der Waals surface area contributed by atoms with Gasteiger partial charge < -0.3 is 15.8 Å². The van der Waals surface area contributed by atoms with Crippen LogP contribution >= 0.6 is 15.9 Å². The molecule has 0 saturated carbocycles. The van der Waals surface area contributed by atoms with E-state index < -0.39 is 0 Å². The van der Waals surface area contributed by atoms with Gasteiger partial charge in [-0.2, -0.15) is 0 Å². The number of halogens is 1. The summed E-state index contributed by atoms with van der Waals surface area (Å²) in [5.41, 5.74) is 6.46. The number of carbonyl (C=O) groups is 1. The normalized spacial score (nSPS) is 10.2. The van der Waals surface area contributed by atoms with Gasteiger partial charge in [-0.15, -0.1) is 0 Å². The van der Waals surface area contributed by atoms with Crippen LogP contribution in [0.15, 0.2) is 22.7 Å². The molecule has 0 unspecified atom stereocenters. The molecule has 0 aromatic heterocycles. The van der Waals surface area contributed by atoms with Gasteiger partial charge in [0.25, 0.3) is 0 Å². The second kappa shape index (κ2) is 8.11. The Hall–Kier alpha value is -1.07. The number of aryl methyl sites for hydroxylation is 1. The molecule has 100 valence electrons. The van der Waals surface area contributed by atoms with Crippen molar-refractivity contribution >= 4 is 21.8 Å². The number of hydrogen-bond acceptors (Lipinski definition) is 3. The predicted molar refractivity (Wildman–Crippen MR) is 75.7 cm³/mol. The van der Waals surface area contributed by atoms with Gasteiger partial charge in [0.05, 0.1) is 11.6 Å². The summed E-state index contributed by atoms with van der Waals surface area (Å²) in [6.07, 6.45) is 2.03. The minimum Gasteiger partial charge on any atom is -0.496 e. The van der Waals surface area contributed by atoms with E-state index in [1.54, 1.807) is 7.11 Å². The molecular weight excluding hydrogens is 296 g/mol. The molecule has 0 radical (unpaired) electrons. The number of ether oxygens (including phenoxy) is 1. The Labute approximate surface area is 116 Å². The first-order valence-corrected chi connectivity index (χ1v) is 6.76. The van der Waals surface area contributed by atoms with E-state index in [0.717, 1.165) is 28.6 Å². The molecule has 1 aromatic carbocycles. The first-order valence-electron chi connectivity index (χ1n) is 5.96. The number of nitrogens with one attached hydrogen (secondary N) is 1. The zero-order chi connectivity index (χ0) is 13.4. The Kier molecular flexibility index (Phi) is 6.75. The third kappa shape index (κ3) is 5.06. The van der Waals surface area contributed by atoms with E-state index in [1.807, 2.05) is 18.2 Å². The molecular formula is C13H19BrN2O2. The van der Waals surface area contributed by atoms with Crippen molar-refractivity contribution in [3.8, 4) is 5.75 Å². The molecule has 18 heavy (non-hydrogen) atoms. The maximum Gasteiger partial charge on any atom is 0.220 e. The molecule has 0 spiro atoms. The highest BCUT2D eigenvalue weighted by molar-refractivity contribution is 9.10. The summed E-state index contributed by atoms with van der Waals surface area (Å²) in [5, 5.41) is 2.84. The summed E-state index contributed by atoms with van der Waals surface area (Å²) in [5.74, 6) is 0.863. The van der Waals surface area contributed by atoms with Gasteiger partial charge in [-0.3, -0.25) is 4.79 Å². The van der Waals surface area contributed by atoms with E-state index >= 15 is 0 Å². The van der Waals surface area contributed by atoms with E-state index in [-0.39, 0.29) is 5.91 Å². The quantitative estimate of drug-likeness (QED) is 0.755. The van der Waals surface area contributed by atoms with Crippen molar-refractivity contribution < 1.29 is 9.53 Å². The SMILES string of the molecule is COc1ccc(CCC(=O)NCCCN)cc1Br. The molecule has 3 N–H and O–H groups in total. The van der Waals surface area contributed by atoms with Gasteiger partial charge in [-0.05, 0) is 53.0 Å². The molecule has 5 heteroatoms. The molecule has 1 amide bonds. The summed E-state index contributed by atoms with van der Waals surface area (Å²) >= 11 is 3.43. The van der Waals surface area contributed by atoms with Crippen LogP contribution in [0.2, 0.25) is 0 Å². The van der Waals surface area contributed by atoms with Crippen LogP contribution in [0.1, 0.15) is 18.4 Å². The van der Waals surface area contributed by atoms with Crippen LogP contribution in [0.25, 0.3) is 0 Å². The number of carbonyl (C=O) groups excluding carboxylic acids is 1. The van der Waals surface area contributed by atoms with Gasteiger partial charge in [0, 0.05) is 13.0 Å². The van der Waals surface area contributed by atoms with Crippen LogP contribution in [0.5, 0.6) is 5.75 Å². The smallest absolute Gasteiger partial charge is 0.220 e. The third-order valence-electron chi connectivity index (χ3n) is 2.56. The zero-order valence-corrected chi connectivity index (χ0v) is 12.1. The van der Waals surface area contributed by atoms with Gasteiger partial charge in [0.1, 0.15) is 5.75 Å². The molecule has 0 fully saturated rings. The minimum atomic E-state index is 0.0652. The summed E-state index contributed by atoms with van der Waals surface area (Å²) < 4.78 is 6.06. The molecule has 0 heterocycles. The number of nitrogens with two attached hydrogens (primary N) is 1. The fourth-order valence-electron chi connectivity index (χ4n) is 1.54. The average Bonchev–Trinajstić information content (AvgIpc) is 2.37. The topological polar surface area (TPSA) is 64.3 Å². The fraction of sp³-hybridized carbons (Fsp3) is 0.462. The van der Waals surface area contributed by atoms with Crippen LogP contribution in [-0.4, -0.2) is 26.1 Å². The standard InChI is InChI=1S/C13H19BrN2O2/c1-18-12-5-3-10(9-11(12)14)4-6-13(17)16-8-2-7-15/h3,5,9H,2,4,6-8,15H2,1H3,(H,16,17). The van der Waals surface area contributed by atoms with Crippen molar-refractivity contribution in [2.75, 3.05) is 20.2 Å². The van der Waals surface area contributed by atoms with Crippen molar-refractivity contribution in [1.29, 1.82) is 0 Å². The molecule has 4 nitrogen and oxygen atoms in total.